The Hall–Kier alpha value is -3.22. The van der Waals surface area contributed by atoms with Crippen LogP contribution in [-0.2, 0) is 11.2 Å². The van der Waals surface area contributed by atoms with Crippen LogP contribution in [0.3, 0.4) is 0 Å². The van der Waals surface area contributed by atoms with Gasteiger partial charge in [-0.2, -0.15) is 0 Å². The average molecular weight is 363 g/mol. The lowest BCUT2D eigenvalue weighted by atomic mass is 10.2. The lowest BCUT2D eigenvalue weighted by Gasteiger charge is -2.36. The molecular formula is C20H21N5O2. The molecule has 3 aromatic rings. The molecule has 0 saturated carbocycles. The minimum Gasteiger partial charge on any atom is -0.421 e. The van der Waals surface area contributed by atoms with Crippen molar-refractivity contribution in [2.75, 3.05) is 31.1 Å². The van der Waals surface area contributed by atoms with Gasteiger partial charge in [0.05, 0.1) is 5.56 Å². The van der Waals surface area contributed by atoms with Crippen molar-refractivity contribution in [1.82, 2.24) is 20.1 Å². The molecule has 0 atom stereocenters. The first-order valence-electron chi connectivity index (χ1n) is 9.10. The third-order valence-electron chi connectivity index (χ3n) is 4.68. The first-order chi connectivity index (χ1) is 13.3. The number of amides is 1. The van der Waals surface area contributed by atoms with E-state index in [0.717, 1.165) is 31.7 Å². The fourth-order valence-corrected chi connectivity index (χ4v) is 3.19. The van der Waals surface area contributed by atoms with Crippen molar-refractivity contribution in [3.63, 3.8) is 0 Å². The molecule has 3 heterocycles. The molecule has 27 heavy (non-hydrogen) atoms. The third-order valence-corrected chi connectivity index (χ3v) is 4.68. The molecule has 0 radical (unpaired) electrons. The van der Waals surface area contributed by atoms with E-state index in [4.69, 9.17) is 4.42 Å². The number of aromatic nitrogens is 3. The number of anilines is 1. The Morgan fingerprint density at radius 3 is 2.56 bits per heavy atom. The van der Waals surface area contributed by atoms with Gasteiger partial charge in [-0.25, -0.2) is 0 Å². The zero-order valence-corrected chi connectivity index (χ0v) is 15.0. The highest BCUT2D eigenvalue weighted by molar-refractivity contribution is 5.76. The van der Waals surface area contributed by atoms with E-state index in [1.165, 1.54) is 5.69 Å². The smallest absolute Gasteiger partial charge is 0.249 e. The SMILES string of the molecule is O=C(CCc1nnc(-c2cccnc2)o1)N1CCN(c2ccccc2)CC1. The second-order valence-electron chi connectivity index (χ2n) is 6.45. The van der Waals surface area contributed by atoms with Crippen molar-refractivity contribution in [1.29, 1.82) is 0 Å². The molecule has 1 aliphatic heterocycles. The number of benzene rings is 1. The van der Waals surface area contributed by atoms with Crippen molar-refractivity contribution in [3.8, 4) is 11.5 Å². The van der Waals surface area contributed by atoms with Gasteiger partial charge in [0.1, 0.15) is 0 Å². The number of para-hydroxylation sites is 1. The van der Waals surface area contributed by atoms with Crippen LogP contribution >= 0.6 is 0 Å². The van der Waals surface area contributed by atoms with E-state index < -0.39 is 0 Å². The van der Waals surface area contributed by atoms with Gasteiger partial charge in [0.2, 0.25) is 17.7 Å². The predicted octanol–water partition coefficient (Wildman–Crippen LogP) is 2.41. The van der Waals surface area contributed by atoms with Crippen LogP contribution in [0.4, 0.5) is 5.69 Å². The molecule has 0 bridgehead atoms. The highest BCUT2D eigenvalue weighted by Crippen LogP contribution is 2.18. The van der Waals surface area contributed by atoms with E-state index in [-0.39, 0.29) is 5.91 Å². The van der Waals surface area contributed by atoms with Crippen molar-refractivity contribution in [2.45, 2.75) is 12.8 Å². The Morgan fingerprint density at radius 1 is 1.00 bits per heavy atom. The van der Waals surface area contributed by atoms with Crippen LogP contribution in [-0.4, -0.2) is 52.2 Å². The number of pyridine rings is 1. The maximum atomic E-state index is 12.5. The summed E-state index contributed by atoms with van der Waals surface area (Å²) in [5, 5.41) is 8.07. The molecule has 7 heteroatoms. The molecule has 0 aliphatic carbocycles. The van der Waals surface area contributed by atoms with E-state index in [2.05, 4.69) is 32.2 Å². The summed E-state index contributed by atoms with van der Waals surface area (Å²) >= 11 is 0. The third kappa shape index (κ3) is 4.13. The van der Waals surface area contributed by atoms with Crippen LogP contribution in [0.2, 0.25) is 0 Å². The molecular weight excluding hydrogens is 342 g/mol. The van der Waals surface area contributed by atoms with Crippen molar-refractivity contribution in [2.24, 2.45) is 0 Å². The van der Waals surface area contributed by atoms with Crippen LogP contribution in [0.25, 0.3) is 11.5 Å². The average Bonchev–Trinajstić information content (AvgIpc) is 3.22. The topological polar surface area (TPSA) is 75.4 Å². The van der Waals surface area contributed by atoms with Crippen LogP contribution in [0, 0.1) is 0 Å². The number of rotatable bonds is 5. The zero-order valence-electron chi connectivity index (χ0n) is 15.0. The van der Waals surface area contributed by atoms with Gasteiger partial charge in [-0.15, -0.1) is 10.2 Å². The maximum Gasteiger partial charge on any atom is 0.249 e. The molecule has 1 fully saturated rings. The van der Waals surface area contributed by atoms with Gasteiger partial charge in [0.25, 0.3) is 0 Å². The van der Waals surface area contributed by atoms with Gasteiger partial charge in [0, 0.05) is 57.1 Å². The monoisotopic (exact) mass is 363 g/mol. The van der Waals surface area contributed by atoms with Gasteiger partial charge >= 0.3 is 0 Å². The van der Waals surface area contributed by atoms with E-state index >= 15 is 0 Å². The Labute approximate surface area is 157 Å². The maximum absolute atomic E-state index is 12.5. The number of aryl methyl sites for hydroxylation is 1. The van der Waals surface area contributed by atoms with Crippen LogP contribution < -0.4 is 4.90 Å². The number of hydrogen-bond donors (Lipinski definition) is 0. The van der Waals surface area contributed by atoms with Crippen LogP contribution in [0.1, 0.15) is 12.3 Å². The molecule has 2 aromatic heterocycles. The summed E-state index contributed by atoms with van der Waals surface area (Å²) in [4.78, 5) is 20.8. The molecule has 4 rings (SSSR count). The van der Waals surface area contributed by atoms with Gasteiger partial charge in [-0.05, 0) is 24.3 Å². The molecule has 0 unspecified atom stereocenters. The summed E-state index contributed by atoms with van der Waals surface area (Å²) in [5.74, 6) is 1.04. The highest BCUT2D eigenvalue weighted by atomic mass is 16.4. The molecule has 1 aromatic carbocycles. The standard InChI is InChI=1S/C20H21N5O2/c26-19(25-13-11-24(12-14-25)17-6-2-1-3-7-17)9-8-18-22-23-20(27-18)16-5-4-10-21-15-16/h1-7,10,15H,8-9,11-14H2. The van der Waals surface area contributed by atoms with E-state index in [9.17, 15) is 4.79 Å². The highest BCUT2D eigenvalue weighted by Gasteiger charge is 2.21. The number of carbonyl (C=O) groups is 1. The summed E-state index contributed by atoms with van der Waals surface area (Å²) in [6.45, 7) is 3.17. The number of carbonyl (C=O) groups excluding carboxylic acids is 1. The van der Waals surface area contributed by atoms with Gasteiger partial charge in [-0.1, -0.05) is 18.2 Å². The molecule has 1 saturated heterocycles. The molecule has 138 valence electrons. The number of piperazine rings is 1. The fourth-order valence-electron chi connectivity index (χ4n) is 3.19. The van der Waals surface area contributed by atoms with Crippen LogP contribution in [0.5, 0.6) is 0 Å². The predicted molar refractivity (Wildman–Crippen MR) is 101 cm³/mol. The van der Waals surface area contributed by atoms with Gasteiger partial charge in [0.15, 0.2) is 0 Å². The summed E-state index contributed by atoms with van der Waals surface area (Å²) in [7, 11) is 0. The lowest BCUT2D eigenvalue weighted by Crippen LogP contribution is -2.48. The molecule has 1 amide bonds. The molecule has 1 aliphatic rings. The summed E-state index contributed by atoms with van der Waals surface area (Å²) in [6, 6.07) is 14.0. The number of hydrogen-bond acceptors (Lipinski definition) is 6. The zero-order chi connectivity index (χ0) is 18.5. The Balaban J connectivity index is 1.27. The van der Waals surface area contributed by atoms with Gasteiger partial charge < -0.3 is 14.2 Å². The van der Waals surface area contributed by atoms with Gasteiger partial charge in [-0.3, -0.25) is 9.78 Å². The quantitative estimate of drug-likeness (QED) is 0.693. The summed E-state index contributed by atoms with van der Waals surface area (Å²) < 4.78 is 5.64. The van der Waals surface area contributed by atoms with Crippen LogP contribution in [0.15, 0.2) is 59.3 Å². The second-order valence-corrected chi connectivity index (χ2v) is 6.45. The normalized spacial score (nSPS) is 14.4. The first kappa shape index (κ1) is 17.2. The minimum absolute atomic E-state index is 0.129. The van der Waals surface area contributed by atoms with Crippen molar-refractivity contribution < 1.29 is 9.21 Å². The fraction of sp³-hybridized carbons (Fsp3) is 0.300. The van der Waals surface area contributed by atoms with Crippen molar-refractivity contribution in [3.05, 3.63) is 60.7 Å². The largest absolute Gasteiger partial charge is 0.421 e. The van der Waals surface area contributed by atoms with E-state index in [1.54, 1.807) is 12.4 Å². The summed E-state index contributed by atoms with van der Waals surface area (Å²) in [6.07, 6.45) is 4.19. The Kier molecular flexibility index (Phi) is 5.09. The van der Waals surface area contributed by atoms with E-state index in [1.807, 2.05) is 35.2 Å². The lowest BCUT2D eigenvalue weighted by molar-refractivity contribution is -0.131. The molecule has 0 N–H and O–H groups in total. The summed E-state index contributed by atoms with van der Waals surface area (Å²) in [5.41, 5.74) is 1.98. The molecule has 0 spiro atoms. The van der Waals surface area contributed by atoms with E-state index in [0.29, 0.717) is 24.6 Å². The first-order valence-corrected chi connectivity index (χ1v) is 9.10. The minimum atomic E-state index is 0.129. The Morgan fingerprint density at radius 2 is 1.81 bits per heavy atom. The second kappa shape index (κ2) is 7.99. The van der Waals surface area contributed by atoms with Crippen molar-refractivity contribution >= 4 is 11.6 Å². The Bertz CT molecular complexity index is 874. The number of nitrogens with zero attached hydrogens (tertiary/aromatic N) is 5. The molecule has 7 nitrogen and oxygen atoms in total.